The number of nitrogens with one attached hydrogen (secondary N) is 1. The molecule has 17 heavy (non-hydrogen) atoms. The normalized spacial score (nSPS) is 11.8. The molecular weight excluding hydrogens is 238 g/mol. The molecule has 4 nitrogen and oxygen atoms in total. The lowest BCUT2D eigenvalue weighted by Crippen LogP contribution is -2.36. The number of aromatic nitrogens is 2. The number of aryl methyl sites for hydroxylation is 1. The van der Waals surface area contributed by atoms with Crippen LogP contribution in [0.25, 0.3) is 0 Å². The van der Waals surface area contributed by atoms with E-state index >= 15 is 0 Å². The minimum atomic E-state index is -0.238. The van der Waals surface area contributed by atoms with Gasteiger partial charge in [-0.3, -0.25) is 4.57 Å². The van der Waals surface area contributed by atoms with E-state index in [1.807, 2.05) is 0 Å². The first kappa shape index (κ1) is 14.2. The number of halogens is 1. The van der Waals surface area contributed by atoms with Gasteiger partial charge in [-0.1, -0.05) is 11.6 Å². The molecule has 0 spiro atoms. The molecule has 0 bridgehead atoms. The minimum Gasteiger partial charge on any atom is -0.312 e. The predicted molar refractivity (Wildman–Crippen MR) is 70.5 cm³/mol. The SMILES string of the molecule is CC(C)(C)NCCCCn1cc(Cl)cnc1=O. The Morgan fingerprint density at radius 1 is 1.41 bits per heavy atom. The summed E-state index contributed by atoms with van der Waals surface area (Å²) >= 11 is 5.78. The summed E-state index contributed by atoms with van der Waals surface area (Å²) in [5, 5.41) is 3.90. The molecule has 1 N–H and O–H groups in total. The number of rotatable bonds is 5. The number of hydrogen-bond acceptors (Lipinski definition) is 3. The standard InChI is InChI=1S/C12H20ClN3O/c1-12(2,3)15-6-4-5-7-16-9-10(13)8-14-11(16)17/h8-9,15H,4-7H2,1-3H3. The molecule has 1 aromatic rings. The largest absolute Gasteiger partial charge is 0.347 e. The summed E-state index contributed by atoms with van der Waals surface area (Å²) in [6, 6.07) is 0. The van der Waals surface area contributed by atoms with Crippen molar-refractivity contribution in [1.29, 1.82) is 0 Å². The van der Waals surface area contributed by atoms with E-state index in [4.69, 9.17) is 11.6 Å². The highest BCUT2D eigenvalue weighted by Gasteiger charge is 2.07. The van der Waals surface area contributed by atoms with Crippen LogP contribution in [0.1, 0.15) is 33.6 Å². The van der Waals surface area contributed by atoms with Gasteiger partial charge in [-0.05, 0) is 40.2 Å². The highest BCUT2D eigenvalue weighted by atomic mass is 35.5. The van der Waals surface area contributed by atoms with Gasteiger partial charge >= 0.3 is 5.69 Å². The average molecular weight is 258 g/mol. The van der Waals surface area contributed by atoms with Crippen molar-refractivity contribution >= 4 is 11.6 Å². The first-order chi connectivity index (χ1) is 7.88. The Hall–Kier alpha value is -0.870. The molecule has 96 valence electrons. The van der Waals surface area contributed by atoms with Crippen molar-refractivity contribution in [2.24, 2.45) is 0 Å². The molecule has 0 unspecified atom stereocenters. The quantitative estimate of drug-likeness (QED) is 0.822. The van der Waals surface area contributed by atoms with Gasteiger partial charge < -0.3 is 5.32 Å². The zero-order valence-electron chi connectivity index (χ0n) is 10.7. The van der Waals surface area contributed by atoms with E-state index in [2.05, 4.69) is 31.1 Å². The summed E-state index contributed by atoms with van der Waals surface area (Å²) in [6.45, 7) is 8.03. The molecule has 0 aliphatic heterocycles. The first-order valence-corrected chi connectivity index (χ1v) is 6.23. The molecule has 1 aromatic heterocycles. The van der Waals surface area contributed by atoms with E-state index in [0.29, 0.717) is 11.6 Å². The molecule has 0 aliphatic rings. The van der Waals surface area contributed by atoms with Crippen molar-refractivity contribution in [3.63, 3.8) is 0 Å². The van der Waals surface area contributed by atoms with Crippen LogP contribution in [0.5, 0.6) is 0 Å². The third-order valence-corrected chi connectivity index (χ3v) is 2.50. The third kappa shape index (κ3) is 5.84. The van der Waals surface area contributed by atoms with Crippen molar-refractivity contribution < 1.29 is 0 Å². The molecule has 1 rings (SSSR count). The van der Waals surface area contributed by atoms with Gasteiger partial charge in [-0.25, -0.2) is 9.78 Å². The molecule has 0 aromatic carbocycles. The lowest BCUT2D eigenvalue weighted by Gasteiger charge is -2.20. The Balaban J connectivity index is 2.32. The lowest BCUT2D eigenvalue weighted by molar-refractivity contribution is 0.413. The van der Waals surface area contributed by atoms with Crippen LogP contribution in [0.3, 0.4) is 0 Å². The molecule has 0 saturated heterocycles. The fourth-order valence-corrected chi connectivity index (χ4v) is 1.63. The zero-order chi connectivity index (χ0) is 12.9. The van der Waals surface area contributed by atoms with Crippen LogP contribution in [0, 0.1) is 0 Å². The van der Waals surface area contributed by atoms with Gasteiger partial charge in [0, 0.05) is 18.3 Å². The lowest BCUT2D eigenvalue weighted by atomic mass is 10.1. The summed E-state index contributed by atoms with van der Waals surface area (Å²) in [5.41, 5.74) is -0.0905. The van der Waals surface area contributed by atoms with E-state index in [1.165, 1.54) is 6.20 Å². The van der Waals surface area contributed by atoms with E-state index in [-0.39, 0.29) is 11.2 Å². The van der Waals surface area contributed by atoms with Crippen LogP contribution in [-0.4, -0.2) is 21.6 Å². The molecule has 0 amide bonds. The Bertz CT molecular complexity index is 409. The fraction of sp³-hybridized carbons (Fsp3) is 0.667. The van der Waals surface area contributed by atoms with Gasteiger partial charge in [0.05, 0.1) is 11.2 Å². The van der Waals surface area contributed by atoms with Crippen LogP contribution in [-0.2, 0) is 6.54 Å². The number of hydrogen-bond donors (Lipinski definition) is 1. The molecule has 0 fully saturated rings. The van der Waals surface area contributed by atoms with Crippen LogP contribution in [0.15, 0.2) is 17.2 Å². The van der Waals surface area contributed by atoms with Crippen LogP contribution in [0.4, 0.5) is 0 Å². The highest BCUT2D eigenvalue weighted by molar-refractivity contribution is 6.30. The molecule has 0 atom stereocenters. The maximum Gasteiger partial charge on any atom is 0.347 e. The summed E-state index contributed by atoms with van der Waals surface area (Å²) in [6.07, 6.45) is 4.97. The van der Waals surface area contributed by atoms with E-state index < -0.39 is 0 Å². The second-order valence-electron chi connectivity index (χ2n) is 5.13. The van der Waals surface area contributed by atoms with Gasteiger partial charge in [-0.2, -0.15) is 0 Å². The summed E-state index contributed by atoms with van der Waals surface area (Å²) < 4.78 is 1.55. The van der Waals surface area contributed by atoms with Crippen molar-refractivity contribution in [2.75, 3.05) is 6.54 Å². The molecule has 1 heterocycles. The van der Waals surface area contributed by atoms with Crippen LogP contribution < -0.4 is 11.0 Å². The van der Waals surface area contributed by atoms with Gasteiger partial charge in [0.25, 0.3) is 0 Å². The minimum absolute atomic E-state index is 0.147. The van der Waals surface area contributed by atoms with Crippen LogP contribution >= 0.6 is 11.6 Å². The maximum absolute atomic E-state index is 11.4. The van der Waals surface area contributed by atoms with Crippen molar-refractivity contribution in [1.82, 2.24) is 14.9 Å². The monoisotopic (exact) mass is 257 g/mol. The predicted octanol–water partition coefficient (Wildman–Crippen LogP) is 2.07. The Labute approximate surface area is 107 Å². The van der Waals surface area contributed by atoms with Crippen molar-refractivity contribution in [3.8, 4) is 0 Å². The van der Waals surface area contributed by atoms with Gasteiger partial charge in [0.1, 0.15) is 0 Å². The Kier molecular flexibility index (Phi) is 5.15. The first-order valence-electron chi connectivity index (χ1n) is 5.85. The van der Waals surface area contributed by atoms with E-state index in [0.717, 1.165) is 19.4 Å². The van der Waals surface area contributed by atoms with E-state index in [9.17, 15) is 4.79 Å². The van der Waals surface area contributed by atoms with Gasteiger partial charge in [0.15, 0.2) is 0 Å². The molecule has 0 saturated carbocycles. The van der Waals surface area contributed by atoms with Crippen molar-refractivity contribution in [2.45, 2.75) is 45.7 Å². The van der Waals surface area contributed by atoms with Gasteiger partial charge in [-0.15, -0.1) is 0 Å². The summed E-state index contributed by atoms with van der Waals surface area (Å²) in [5.74, 6) is 0. The average Bonchev–Trinajstić information content (AvgIpc) is 2.21. The maximum atomic E-state index is 11.4. The fourth-order valence-electron chi connectivity index (χ4n) is 1.46. The smallest absolute Gasteiger partial charge is 0.312 e. The summed E-state index contributed by atoms with van der Waals surface area (Å²) in [7, 11) is 0. The molecule has 5 heteroatoms. The molecule has 0 radical (unpaired) electrons. The number of unbranched alkanes of at least 4 members (excludes halogenated alkanes) is 1. The number of nitrogens with zero attached hydrogens (tertiary/aromatic N) is 2. The third-order valence-electron chi connectivity index (χ3n) is 2.30. The van der Waals surface area contributed by atoms with Gasteiger partial charge in [0.2, 0.25) is 0 Å². The van der Waals surface area contributed by atoms with E-state index in [1.54, 1.807) is 10.8 Å². The second-order valence-corrected chi connectivity index (χ2v) is 5.57. The van der Waals surface area contributed by atoms with Crippen molar-refractivity contribution in [3.05, 3.63) is 27.9 Å². The van der Waals surface area contributed by atoms with Crippen LogP contribution in [0.2, 0.25) is 5.02 Å². The Morgan fingerprint density at radius 2 is 2.12 bits per heavy atom. The Morgan fingerprint density at radius 3 is 2.76 bits per heavy atom. The zero-order valence-corrected chi connectivity index (χ0v) is 11.4. The topological polar surface area (TPSA) is 46.9 Å². The highest BCUT2D eigenvalue weighted by Crippen LogP contribution is 2.03. The second kappa shape index (κ2) is 6.17. The summed E-state index contributed by atoms with van der Waals surface area (Å²) in [4.78, 5) is 15.0. The molecular formula is C12H20ClN3O. The molecule has 0 aliphatic carbocycles.